The van der Waals surface area contributed by atoms with E-state index in [-0.39, 0.29) is 0 Å². The summed E-state index contributed by atoms with van der Waals surface area (Å²) in [5, 5.41) is 4.93. The highest BCUT2D eigenvalue weighted by Crippen LogP contribution is 2.14. The number of aromatic nitrogens is 3. The molecule has 0 N–H and O–H groups in total. The van der Waals surface area contributed by atoms with Crippen LogP contribution in [-0.4, -0.2) is 19.8 Å². The Morgan fingerprint density at radius 1 is 1.31 bits per heavy atom. The maximum atomic E-state index is 4.61. The van der Waals surface area contributed by atoms with Gasteiger partial charge in [0.2, 0.25) is 0 Å². The molecule has 2 rings (SSSR count). The molecule has 0 aromatic carbocycles. The summed E-state index contributed by atoms with van der Waals surface area (Å²) < 4.78 is 1.93. The number of imidazole rings is 1. The Kier molecular flexibility index (Phi) is 3.19. The van der Waals surface area contributed by atoms with Crippen molar-refractivity contribution in [3.8, 4) is 0 Å². The topological polar surface area (TPSA) is 30.2 Å². The maximum Gasteiger partial charge on any atom is 0.153 e. The summed E-state index contributed by atoms with van der Waals surface area (Å²) in [6.45, 7) is 6.37. The summed E-state index contributed by atoms with van der Waals surface area (Å²) in [6.07, 6.45) is 2.78. The molecular formula is C12H17N3S. The molecule has 3 nitrogen and oxygen atoms in total. The molecule has 1 atom stereocenters. The third-order valence-corrected chi connectivity index (χ3v) is 2.73. The van der Waals surface area contributed by atoms with Crippen molar-refractivity contribution in [1.29, 1.82) is 0 Å². The smallest absolute Gasteiger partial charge is 0.153 e. The van der Waals surface area contributed by atoms with Crippen LogP contribution in [0, 0.1) is 0 Å². The molecule has 0 saturated carbocycles. The van der Waals surface area contributed by atoms with Gasteiger partial charge in [-0.2, -0.15) is 17.7 Å². The van der Waals surface area contributed by atoms with E-state index >= 15 is 0 Å². The zero-order valence-corrected chi connectivity index (χ0v) is 10.8. The standard InChI is InChI=1S/C12H17N3S/c1-8(2)11-4-5-12-13-7-10(6-9(3)16)15(12)14-11/h4-5,7-9,16H,6H2,1-3H3. The van der Waals surface area contributed by atoms with Crippen molar-refractivity contribution in [2.75, 3.05) is 0 Å². The van der Waals surface area contributed by atoms with Crippen LogP contribution in [0.5, 0.6) is 0 Å². The Hall–Kier alpha value is -1.03. The van der Waals surface area contributed by atoms with Gasteiger partial charge < -0.3 is 0 Å². The average Bonchev–Trinajstić information content (AvgIpc) is 2.60. The first-order valence-electron chi connectivity index (χ1n) is 5.59. The summed E-state index contributed by atoms with van der Waals surface area (Å²) in [6, 6.07) is 4.07. The lowest BCUT2D eigenvalue weighted by Crippen LogP contribution is -2.06. The number of hydrogen-bond acceptors (Lipinski definition) is 3. The fraction of sp³-hybridized carbons (Fsp3) is 0.500. The summed E-state index contributed by atoms with van der Waals surface area (Å²) >= 11 is 4.41. The maximum absolute atomic E-state index is 4.61. The Morgan fingerprint density at radius 3 is 2.69 bits per heavy atom. The molecule has 0 radical (unpaired) electrons. The minimum absolute atomic E-state index is 0.324. The molecule has 2 heterocycles. The molecule has 0 aliphatic carbocycles. The van der Waals surface area contributed by atoms with Gasteiger partial charge in [0.05, 0.1) is 17.6 Å². The Morgan fingerprint density at radius 2 is 2.06 bits per heavy atom. The van der Waals surface area contributed by atoms with Gasteiger partial charge in [-0.1, -0.05) is 20.8 Å². The third kappa shape index (κ3) is 2.21. The van der Waals surface area contributed by atoms with E-state index in [1.807, 2.05) is 22.8 Å². The third-order valence-electron chi connectivity index (χ3n) is 2.55. The summed E-state index contributed by atoms with van der Waals surface area (Å²) in [4.78, 5) is 4.34. The highest BCUT2D eigenvalue weighted by molar-refractivity contribution is 7.80. The zero-order valence-electron chi connectivity index (χ0n) is 9.88. The molecule has 2 aromatic heterocycles. The first-order chi connectivity index (χ1) is 7.58. The molecule has 0 saturated heterocycles. The van der Waals surface area contributed by atoms with E-state index in [0.717, 1.165) is 23.5 Å². The van der Waals surface area contributed by atoms with Crippen molar-refractivity contribution in [3.63, 3.8) is 0 Å². The van der Waals surface area contributed by atoms with Crippen LogP contribution < -0.4 is 0 Å². The largest absolute Gasteiger partial charge is 0.235 e. The van der Waals surface area contributed by atoms with Gasteiger partial charge in [-0.3, -0.25) is 0 Å². The van der Waals surface area contributed by atoms with E-state index < -0.39 is 0 Å². The van der Waals surface area contributed by atoms with Gasteiger partial charge in [0, 0.05) is 11.7 Å². The van der Waals surface area contributed by atoms with Crippen molar-refractivity contribution < 1.29 is 0 Å². The number of fused-ring (bicyclic) bond motifs is 1. The van der Waals surface area contributed by atoms with E-state index in [2.05, 4.69) is 43.5 Å². The molecule has 1 unspecified atom stereocenters. The SMILES string of the molecule is CC(S)Cc1cnc2ccc(C(C)C)nn12. The second-order valence-corrected chi connectivity index (χ2v) is 5.37. The van der Waals surface area contributed by atoms with Gasteiger partial charge in [-0.25, -0.2) is 9.50 Å². The second-order valence-electron chi connectivity index (χ2n) is 4.49. The highest BCUT2D eigenvalue weighted by Gasteiger charge is 2.09. The summed E-state index contributed by atoms with van der Waals surface area (Å²) in [7, 11) is 0. The van der Waals surface area contributed by atoms with Gasteiger partial charge in [0.1, 0.15) is 0 Å². The lowest BCUT2D eigenvalue weighted by Gasteiger charge is -2.07. The number of thiol groups is 1. The first kappa shape index (κ1) is 11.5. The molecule has 0 bridgehead atoms. The van der Waals surface area contributed by atoms with Gasteiger partial charge >= 0.3 is 0 Å². The van der Waals surface area contributed by atoms with Crippen LogP contribution in [0.3, 0.4) is 0 Å². The lowest BCUT2D eigenvalue weighted by atomic mass is 10.1. The van der Waals surface area contributed by atoms with Gasteiger partial charge in [0.25, 0.3) is 0 Å². The predicted molar refractivity (Wildman–Crippen MR) is 69.2 cm³/mol. The molecular weight excluding hydrogens is 218 g/mol. The Labute approximate surface area is 101 Å². The number of rotatable bonds is 3. The van der Waals surface area contributed by atoms with Crippen molar-refractivity contribution in [2.45, 2.75) is 38.4 Å². The lowest BCUT2D eigenvalue weighted by molar-refractivity contribution is 0.737. The number of hydrogen-bond donors (Lipinski definition) is 1. The minimum atomic E-state index is 0.324. The fourth-order valence-corrected chi connectivity index (χ4v) is 1.87. The van der Waals surface area contributed by atoms with Gasteiger partial charge in [0.15, 0.2) is 5.65 Å². The van der Waals surface area contributed by atoms with Crippen molar-refractivity contribution in [3.05, 3.63) is 29.7 Å². The predicted octanol–water partition coefficient (Wildman–Crippen LogP) is 2.71. The molecule has 0 amide bonds. The zero-order chi connectivity index (χ0) is 11.7. The average molecular weight is 235 g/mol. The van der Waals surface area contributed by atoms with E-state index in [9.17, 15) is 0 Å². The minimum Gasteiger partial charge on any atom is -0.235 e. The van der Waals surface area contributed by atoms with E-state index in [4.69, 9.17) is 0 Å². The first-order valence-corrected chi connectivity index (χ1v) is 6.11. The molecule has 2 aromatic rings. The fourth-order valence-electron chi connectivity index (χ4n) is 1.68. The molecule has 0 aliphatic heterocycles. The van der Waals surface area contributed by atoms with E-state index in [0.29, 0.717) is 11.2 Å². The molecule has 0 spiro atoms. The quantitative estimate of drug-likeness (QED) is 0.829. The summed E-state index contributed by atoms with van der Waals surface area (Å²) in [5.74, 6) is 0.438. The van der Waals surface area contributed by atoms with E-state index in [1.165, 1.54) is 0 Å². The van der Waals surface area contributed by atoms with Crippen LogP contribution in [-0.2, 0) is 6.42 Å². The normalized spacial score (nSPS) is 13.6. The summed E-state index contributed by atoms with van der Waals surface area (Å²) in [5.41, 5.74) is 3.13. The van der Waals surface area contributed by atoms with Crippen LogP contribution in [0.1, 0.15) is 38.1 Å². The van der Waals surface area contributed by atoms with Crippen molar-refractivity contribution >= 4 is 18.3 Å². The van der Waals surface area contributed by atoms with Crippen LogP contribution in [0.25, 0.3) is 5.65 Å². The van der Waals surface area contributed by atoms with Gasteiger partial charge in [-0.05, 0) is 18.1 Å². The molecule has 0 aliphatic rings. The van der Waals surface area contributed by atoms with Crippen molar-refractivity contribution in [2.24, 2.45) is 0 Å². The van der Waals surface area contributed by atoms with Crippen LogP contribution in [0.4, 0.5) is 0 Å². The molecule has 4 heteroatoms. The Balaban J connectivity index is 2.47. The van der Waals surface area contributed by atoms with E-state index in [1.54, 1.807) is 0 Å². The molecule has 16 heavy (non-hydrogen) atoms. The second kappa shape index (κ2) is 4.45. The molecule has 86 valence electrons. The van der Waals surface area contributed by atoms with Crippen LogP contribution in [0.15, 0.2) is 18.3 Å². The van der Waals surface area contributed by atoms with Crippen LogP contribution in [0.2, 0.25) is 0 Å². The monoisotopic (exact) mass is 235 g/mol. The molecule has 0 fully saturated rings. The highest BCUT2D eigenvalue weighted by atomic mass is 32.1. The number of nitrogens with zero attached hydrogens (tertiary/aromatic N) is 3. The van der Waals surface area contributed by atoms with Crippen molar-refractivity contribution in [1.82, 2.24) is 14.6 Å². The van der Waals surface area contributed by atoms with Crippen LogP contribution >= 0.6 is 12.6 Å². The van der Waals surface area contributed by atoms with Gasteiger partial charge in [-0.15, -0.1) is 0 Å². The Bertz CT molecular complexity index is 488.